The van der Waals surface area contributed by atoms with Crippen molar-refractivity contribution < 1.29 is 23.9 Å². The van der Waals surface area contributed by atoms with Crippen LogP contribution in [0.4, 0.5) is 0 Å². The Morgan fingerprint density at radius 1 is 0.914 bits per heavy atom. The molecule has 1 aliphatic heterocycles. The van der Waals surface area contributed by atoms with Crippen LogP contribution in [0.15, 0.2) is 0 Å². The van der Waals surface area contributed by atoms with Crippen LogP contribution >= 0.6 is 0 Å². The van der Waals surface area contributed by atoms with Gasteiger partial charge in [0.25, 0.3) is 0 Å². The number of rotatable bonds is 23. The summed E-state index contributed by atoms with van der Waals surface area (Å²) in [6.07, 6.45) is 19.3. The van der Waals surface area contributed by atoms with Crippen molar-refractivity contribution in [3.63, 3.8) is 0 Å². The van der Waals surface area contributed by atoms with Gasteiger partial charge >= 0.3 is 11.9 Å². The van der Waals surface area contributed by atoms with E-state index in [4.69, 9.17) is 9.47 Å². The molecule has 0 saturated carbocycles. The van der Waals surface area contributed by atoms with Gasteiger partial charge in [0, 0.05) is 12.8 Å². The average molecular weight is 495 g/mol. The predicted octanol–water partition coefficient (Wildman–Crippen LogP) is 7.97. The largest absolute Gasteiger partial charge is 0.462 e. The van der Waals surface area contributed by atoms with Gasteiger partial charge < -0.3 is 14.3 Å². The maximum Gasteiger partial charge on any atom is 0.313 e. The Morgan fingerprint density at radius 3 is 2.03 bits per heavy atom. The Hall–Kier alpha value is -1.39. The molecular weight excluding hydrogens is 440 g/mol. The first-order chi connectivity index (χ1) is 16.9. The molecule has 0 spiro atoms. The lowest BCUT2D eigenvalue weighted by Crippen LogP contribution is -2.47. The van der Waals surface area contributed by atoms with E-state index < -0.39 is 0 Å². The van der Waals surface area contributed by atoms with E-state index in [-0.39, 0.29) is 42.4 Å². The minimum Gasteiger partial charge on any atom is -0.462 e. The van der Waals surface area contributed by atoms with E-state index in [0.717, 1.165) is 44.8 Å². The van der Waals surface area contributed by atoms with Gasteiger partial charge in [0.2, 0.25) is 0 Å². The Kier molecular flexibility index (Phi) is 17.9. The quantitative estimate of drug-likeness (QED) is 0.0818. The fraction of sp³-hybridized carbons (Fsp3) is 0.900. The van der Waals surface area contributed by atoms with E-state index in [1.807, 2.05) is 0 Å². The van der Waals surface area contributed by atoms with Gasteiger partial charge in [0.1, 0.15) is 18.5 Å². The molecule has 0 aliphatic carbocycles. The third kappa shape index (κ3) is 14.1. The van der Waals surface area contributed by atoms with E-state index in [1.165, 1.54) is 57.8 Å². The highest BCUT2D eigenvalue weighted by Gasteiger charge is 2.43. The van der Waals surface area contributed by atoms with Gasteiger partial charge in [-0.05, 0) is 31.6 Å². The molecule has 0 amide bonds. The summed E-state index contributed by atoms with van der Waals surface area (Å²) in [5.74, 6) is -0.483. The normalized spacial score (nSPS) is 19.2. The maximum atomic E-state index is 12.9. The monoisotopic (exact) mass is 494 g/mol. The fourth-order valence-electron chi connectivity index (χ4n) is 5.11. The van der Waals surface area contributed by atoms with Crippen LogP contribution in [0, 0.1) is 17.8 Å². The van der Waals surface area contributed by atoms with Crippen molar-refractivity contribution in [3.8, 4) is 0 Å². The lowest BCUT2D eigenvalue weighted by molar-refractivity contribution is -0.190. The van der Waals surface area contributed by atoms with Crippen molar-refractivity contribution in [2.75, 3.05) is 0 Å². The van der Waals surface area contributed by atoms with Gasteiger partial charge in [0.15, 0.2) is 0 Å². The van der Waals surface area contributed by atoms with Gasteiger partial charge in [-0.3, -0.25) is 9.59 Å². The lowest BCUT2D eigenvalue weighted by atomic mass is 9.86. The minimum atomic E-state index is -0.382. The van der Waals surface area contributed by atoms with E-state index in [0.29, 0.717) is 18.8 Å². The number of ether oxygens (including phenoxy) is 2. The predicted molar refractivity (Wildman–Crippen MR) is 142 cm³/mol. The first-order valence-electron chi connectivity index (χ1n) is 14.8. The molecular formula is C30H54O5. The van der Waals surface area contributed by atoms with Gasteiger partial charge in [0.05, 0.1) is 11.8 Å². The van der Waals surface area contributed by atoms with Gasteiger partial charge in [-0.2, -0.15) is 0 Å². The average Bonchev–Trinajstić information content (AvgIpc) is 2.81. The number of aldehydes is 1. The summed E-state index contributed by atoms with van der Waals surface area (Å²) in [7, 11) is 0. The van der Waals surface area contributed by atoms with E-state index in [1.54, 1.807) is 0 Å². The van der Waals surface area contributed by atoms with Crippen molar-refractivity contribution in [2.24, 2.45) is 17.8 Å². The van der Waals surface area contributed by atoms with Gasteiger partial charge in [-0.15, -0.1) is 0 Å². The number of cyclic esters (lactones) is 1. The number of hydrogen-bond donors (Lipinski definition) is 0. The first kappa shape index (κ1) is 31.6. The Balaban J connectivity index is 2.58. The Morgan fingerprint density at radius 2 is 1.49 bits per heavy atom. The first-order valence-corrected chi connectivity index (χ1v) is 14.8. The third-order valence-corrected chi connectivity index (χ3v) is 7.27. The number of unbranched alkanes of at least 4 members (excludes halogenated alkanes) is 11. The van der Waals surface area contributed by atoms with Crippen LogP contribution in [0.1, 0.15) is 143 Å². The van der Waals surface area contributed by atoms with E-state index in [2.05, 4.69) is 27.7 Å². The highest BCUT2D eigenvalue weighted by Crippen LogP contribution is 2.33. The number of carbonyl (C=O) groups is 3. The summed E-state index contributed by atoms with van der Waals surface area (Å²) < 4.78 is 11.5. The lowest BCUT2D eigenvalue weighted by Gasteiger charge is -2.37. The summed E-state index contributed by atoms with van der Waals surface area (Å²) in [5, 5.41) is 0. The summed E-state index contributed by atoms with van der Waals surface area (Å²) in [5.41, 5.74) is 0. The molecule has 5 nitrogen and oxygen atoms in total. The molecule has 1 saturated heterocycles. The molecule has 0 unspecified atom stereocenters. The number of esters is 2. The van der Waals surface area contributed by atoms with Crippen LogP contribution in [-0.4, -0.2) is 30.4 Å². The second-order valence-corrected chi connectivity index (χ2v) is 11.1. The Labute approximate surface area is 215 Å². The highest BCUT2D eigenvalue weighted by atomic mass is 16.6. The van der Waals surface area contributed by atoms with Crippen molar-refractivity contribution in [1.82, 2.24) is 0 Å². The molecule has 5 heteroatoms. The van der Waals surface area contributed by atoms with E-state index >= 15 is 0 Å². The zero-order valence-corrected chi connectivity index (χ0v) is 23.2. The van der Waals surface area contributed by atoms with Crippen molar-refractivity contribution in [2.45, 2.75) is 155 Å². The summed E-state index contributed by atoms with van der Waals surface area (Å²) in [6, 6.07) is 0. The third-order valence-electron chi connectivity index (χ3n) is 7.27. The van der Waals surface area contributed by atoms with Crippen molar-refractivity contribution in [1.29, 1.82) is 0 Å². The van der Waals surface area contributed by atoms with E-state index in [9.17, 15) is 14.4 Å². The molecule has 1 rings (SSSR count). The molecule has 0 aromatic heterocycles. The summed E-state index contributed by atoms with van der Waals surface area (Å²) in [6.45, 7) is 8.54. The minimum absolute atomic E-state index is 0.0578. The number of hydrogen-bond acceptors (Lipinski definition) is 5. The second-order valence-electron chi connectivity index (χ2n) is 11.1. The zero-order chi connectivity index (χ0) is 25.9. The molecule has 1 aliphatic rings. The molecule has 4 atom stereocenters. The molecule has 0 aromatic rings. The van der Waals surface area contributed by atoms with Crippen molar-refractivity contribution >= 4 is 18.2 Å². The van der Waals surface area contributed by atoms with Crippen LogP contribution in [0.3, 0.4) is 0 Å². The van der Waals surface area contributed by atoms with Gasteiger partial charge in [-0.25, -0.2) is 0 Å². The molecule has 0 aromatic carbocycles. The maximum absolute atomic E-state index is 12.9. The van der Waals surface area contributed by atoms with Gasteiger partial charge in [-0.1, -0.05) is 105 Å². The fourth-order valence-corrected chi connectivity index (χ4v) is 5.11. The van der Waals surface area contributed by atoms with Crippen LogP contribution in [-0.2, 0) is 23.9 Å². The molecule has 0 radical (unpaired) electrons. The summed E-state index contributed by atoms with van der Waals surface area (Å²) in [4.78, 5) is 36.1. The van der Waals surface area contributed by atoms with Crippen LogP contribution < -0.4 is 0 Å². The standard InChI is InChI=1S/C30H54O5/c1-5-7-9-11-12-13-14-15-16-18-26(34-29(32)25(20-21-31)22-24(3)4)23-28-27(30(33)35-28)19-17-10-8-6-2/h21,24-28H,5-20,22-23H2,1-4H3/t25-,26-,27-,28-/m0/s1. The molecule has 0 N–H and O–H groups in total. The van der Waals surface area contributed by atoms with Crippen LogP contribution in [0.25, 0.3) is 0 Å². The zero-order valence-electron chi connectivity index (χ0n) is 23.2. The smallest absolute Gasteiger partial charge is 0.313 e. The highest BCUT2D eigenvalue weighted by molar-refractivity contribution is 5.78. The molecule has 1 heterocycles. The second kappa shape index (κ2) is 19.8. The molecule has 204 valence electrons. The SMILES string of the molecule is CCCCCCCCCCC[C@@H](C[C@@H]1OC(=O)[C@H]1CCCCCC)OC(=O)[C@@H](CC=O)CC(C)C. The number of carbonyl (C=O) groups excluding carboxylic acids is 3. The van der Waals surface area contributed by atoms with Crippen molar-refractivity contribution in [3.05, 3.63) is 0 Å². The molecule has 35 heavy (non-hydrogen) atoms. The van der Waals surface area contributed by atoms with Crippen LogP contribution in [0.2, 0.25) is 0 Å². The Bertz CT molecular complexity index is 573. The topological polar surface area (TPSA) is 69.7 Å². The molecule has 1 fully saturated rings. The molecule has 0 bridgehead atoms. The summed E-state index contributed by atoms with van der Waals surface area (Å²) >= 11 is 0. The van der Waals surface area contributed by atoms with Crippen LogP contribution in [0.5, 0.6) is 0 Å².